The number of hydrogen-bond donors (Lipinski definition) is 0. The first-order chi connectivity index (χ1) is 6.85. The number of thioether (sulfide) groups is 1. The maximum atomic E-state index is 6.09. The van der Waals surface area contributed by atoms with E-state index >= 15 is 0 Å². The summed E-state index contributed by atoms with van der Waals surface area (Å²) in [7, 11) is 0. The Morgan fingerprint density at radius 2 is 2.21 bits per heavy atom. The van der Waals surface area contributed by atoms with Crippen LogP contribution in [0.1, 0.15) is 32.1 Å². The largest absolute Gasteiger partial charge is 0.174 e. The molecule has 1 saturated carbocycles. The van der Waals surface area contributed by atoms with Gasteiger partial charge in [0.15, 0.2) is 4.34 Å². The Morgan fingerprint density at radius 1 is 1.43 bits per heavy atom. The summed E-state index contributed by atoms with van der Waals surface area (Å²) < 4.78 is 1.30. The van der Waals surface area contributed by atoms with Crippen LogP contribution in [-0.4, -0.2) is 20.8 Å². The molecule has 5 heteroatoms. The maximum absolute atomic E-state index is 6.09. The van der Waals surface area contributed by atoms with E-state index in [-0.39, 0.29) is 4.75 Å². The quantitative estimate of drug-likeness (QED) is 0.765. The summed E-state index contributed by atoms with van der Waals surface area (Å²) in [6.07, 6.45) is 6.41. The molecule has 1 aromatic rings. The molecule has 0 aliphatic heterocycles. The van der Waals surface area contributed by atoms with Gasteiger partial charge in [-0.1, -0.05) is 42.4 Å². The molecule has 0 spiro atoms. The first-order valence-electron chi connectivity index (χ1n) is 4.86. The second-order valence-electron chi connectivity index (χ2n) is 3.68. The number of halogens is 1. The summed E-state index contributed by atoms with van der Waals surface area (Å²) in [5.41, 5.74) is 1.78. The summed E-state index contributed by atoms with van der Waals surface area (Å²) in [4.78, 5) is 0. The van der Waals surface area contributed by atoms with Gasteiger partial charge in [0.05, 0.1) is 0 Å². The van der Waals surface area contributed by atoms with Crippen molar-refractivity contribution in [1.29, 1.82) is 0 Å². The SMILES string of the molecule is ClCC1(Sc2nncs2)CCCCC1. The molecule has 1 aromatic heterocycles. The molecular formula is C9H13ClN2S2. The first kappa shape index (κ1) is 10.7. The second-order valence-corrected chi connectivity index (χ2v) is 6.50. The number of alkyl halides is 1. The molecule has 1 aliphatic rings. The van der Waals surface area contributed by atoms with Crippen LogP contribution in [0.5, 0.6) is 0 Å². The van der Waals surface area contributed by atoms with Crippen molar-refractivity contribution >= 4 is 34.7 Å². The molecule has 2 nitrogen and oxygen atoms in total. The van der Waals surface area contributed by atoms with Crippen LogP contribution in [0.3, 0.4) is 0 Å². The minimum absolute atomic E-state index is 0.235. The van der Waals surface area contributed by atoms with Gasteiger partial charge in [0.25, 0.3) is 0 Å². The lowest BCUT2D eigenvalue weighted by atomic mass is 9.90. The predicted octanol–water partition coefficient (Wildman–Crippen LogP) is 3.57. The molecule has 1 fully saturated rings. The third kappa shape index (κ3) is 2.41. The van der Waals surface area contributed by atoms with Crippen LogP contribution in [-0.2, 0) is 0 Å². The number of aromatic nitrogens is 2. The van der Waals surface area contributed by atoms with Crippen LogP contribution in [0, 0.1) is 0 Å². The van der Waals surface area contributed by atoms with Gasteiger partial charge in [0, 0.05) is 10.6 Å². The van der Waals surface area contributed by atoms with E-state index in [1.54, 1.807) is 16.8 Å². The van der Waals surface area contributed by atoms with Crippen molar-refractivity contribution in [2.24, 2.45) is 0 Å². The molecule has 0 radical (unpaired) electrons. The van der Waals surface area contributed by atoms with Crippen molar-refractivity contribution in [1.82, 2.24) is 10.2 Å². The van der Waals surface area contributed by atoms with E-state index in [0.717, 1.165) is 10.2 Å². The lowest BCUT2D eigenvalue weighted by molar-refractivity contribution is 0.425. The van der Waals surface area contributed by atoms with Gasteiger partial charge in [-0.05, 0) is 12.8 Å². The molecule has 0 atom stereocenters. The lowest BCUT2D eigenvalue weighted by Gasteiger charge is -2.33. The highest BCUT2D eigenvalue weighted by Gasteiger charge is 2.33. The van der Waals surface area contributed by atoms with Gasteiger partial charge < -0.3 is 0 Å². The Hall–Kier alpha value is 0.200. The zero-order chi connectivity index (χ0) is 9.86. The van der Waals surface area contributed by atoms with Crippen LogP contribution in [0.4, 0.5) is 0 Å². The van der Waals surface area contributed by atoms with Crippen molar-refractivity contribution < 1.29 is 0 Å². The Balaban J connectivity index is 2.04. The van der Waals surface area contributed by atoms with Gasteiger partial charge in [-0.15, -0.1) is 21.8 Å². The van der Waals surface area contributed by atoms with E-state index in [0.29, 0.717) is 0 Å². The molecule has 2 rings (SSSR count). The second kappa shape index (κ2) is 4.81. The Labute approximate surface area is 97.5 Å². The molecule has 1 heterocycles. The molecular weight excluding hydrogens is 236 g/mol. The average molecular weight is 249 g/mol. The minimum Gasteiger partial charge on any atom is -0.146 e. The third-order valence-electron chi connectivity index (χ3n) is 2.65. The fourth-order valence-electron chi connectivity index (χ4n) is 1.85. The highest BCUT2D eigenvalue weighted by Crippen LogP contribution is 2.44. The van der Waals surface area contributed by atoms with Crippen molar-refractivity contribution in [2.75, 3.05) is 5.88 Å². The highest BCUT2D eigenvalue weighted by atomic mass is 35.5. The van der Waals surface area contributed by atoms with E-state index < -0.39 is 0 Å². The zero-order valence-corrected chi connectivity index (χ0v) is 10.3. The summed E-state index contributed by atoms with van der Waals surface area (Å²) >= 11 is 9.53. The Kier molecular flexibility index (Phi) is 3.68. The normalized spacial score (nSPS) is 20.9. The van der Waals surface area contributed by atoms with Crippen molar-refractivity contribution in [2.45, 2.75) is 41.2 Å². The maximum Gasteiger partial charge on any atom is 0.174 e. The minimum atomic E-state index is 0.235. The molecule has 0 N–H and O–H groups in total. The predicted molar refractivity (Wildman–Crippen MR) is 62.3 cm³/mol. The van der Waals surface area contributed by atoms with Gasteiger partial charge in [0.2, 0.25) is 0 Å². The Bertz CT molecular complexity index is 270. The summed E-state index contributed by atoms with van der Waals surface area (Å²) in [5.74, 6) is 0.733. The summed E-state index contributed by atoms with van der Waals surface area (Å²) in [5, 5.41) is 7.93. The average Bonchev–Trinajstić information content (AvgIpc) is 2.72. The standard InChI is InChI=1S/C9H13ClN2S2/c10-6-9(4-2-1-3-5-9)14-8-12-11-7-13-8/h7H,1-6H2. The van der Waals surface area contributed by atoms with Gasteiger partial charge >= 0.3 is 0 Å². The van der Waals surface area contributed by atoms with Crippen molar-refractivity contribution in [3.63, 3.8) is 0 Å². The van der Waals surface area contributed by atoms with Crippen molar-refractivity contribution in [3.8, 4) is 0 Å². The Morgan fingerprint density at radius 3 is 2.79 bits per heavy atom. The first-order valence-corrected chi connectivity index (χ1v) is 7.09. The highest BCUT2D eigenvalue weighted by molar-refractivity contribution is 8.02. The van der Waals surface area contributed by atoms with Crippen LogP contribution < -0.4 is 0 Å². The van der Waals surface area contributed by atoms with E-state index in [2.05, 4.69) is 10.2 Å². The molecule has 1 aliphatic carbocycles. The monoisotopic (exact) mass is 248 g/mol. The fourth-order valence-corrected chi connectivity index (χ4v) is 4.42. The molecule has 0 saturated heterocycles. The summed E-state index contributed by atoms with van der Waals surface area (Å²) in [6, 6.07) is 0. The van der Waals surface area contributed by atoms with Crippen LogP contribution in [0.15, 0.2) is 9.85 Å². The van der Waals surface area contributed by atoms with Gasteiger partial charge in [-0.2, -0.15) is 0 Å². The van der Waals surface area contributed by atoms with Gasteiger partial charge in [0.1, 0.15) is 5.51 Å². The molecule has 0 bridgehead atoms. The third-order valence-corrected chi connectivity index (χ3v) is 5.59. The smallest absolute Gasteiger partial charge is 0.146 e. The fraction of sp³-hybridized carbons (Fsp3) is 0.778. The molecule has 14 heavy (non-hydrogen) atoms. The molecule has 0 aromatic carbocycles. The molecule has 78 valence electrons. The van der Waals surface area contributed by atoms with Crippen LogP contribution in [0.25, 0.3) is 0 Å². The van der Waals surface area contributed by atoms with Crippen LogP contribution in [0.2, 0.25) is 0 Å². The van der Waals surface area contributed by atoms with E-state index in [1.165, 1.54) is 32.1 Å². The number of rotatable bonds is 3. The van der Waals surface area contributed by atoms with E-state index in [1.807, 2.05) is 11.8 Å². The topological polar surface area (TPSA) is 25.8 Å². The molecule has 0 amide bonds. The summed E-state index contributed by atoms with van der Waals surface area (Å²) in [6.45, 7) is 0. The van der Waals surface area contributed by atoms with Crippen molar-refractivity contribution in [3.05, 3.63) is 5.51 Å². The molecule has 0 unspecified atom stereocenters. The van der Waals surface area contributed by atoms with E-state index in [4.69, 9.17) is 11.6 Å². The van der Waals surface area contributed by atoms with Crippen LogP contribution >= 0.6 is 34.7 Å². The lowest BCUT2D eigenvalue weighted by Crippen LogP contribution is -2.29. The number of hydrogen-bond acceptors (Lipinski definition) is 4. The number of nitrogens with zero attached hydrogens (tertiary/aromatic N) is 2. The van der Waals surface area contributed by atoms with Gasteiger partial charge in [-0.3, -0.25) is 0 Å². The zero-order valence-electron chi connectivity index (χ0n) is 7.91. The van der Waals surface area contributed by atoms with E-state index in [9.17, 15) is 0 Å². The van der Waals surface area contributed by atoms with Gasteiger partial charge in [-0.25, -0.2) is 0 Å².